The van der Waals surface area contributed by atoms with Crippen LogP contribution in [0.15, 0.2) is 30.3 Å². The van der Waals surface area contributed by atoms with Crippen LogP contribution in [-0.4, -0.2) is 42.3 Å². The Morgan fingerprint density at radius 2 is 2.14 bits per heavy atom. The van der Waals surface area contributed by atoms with Crippen LogP contribution in [0.2, 0.25) is 0 Å². The van der Waals surface area contributed by atoms with Gasteiger partial charge in [0.15, 0.2) is 0 Å². The summed E-state index contributed by atoms with van der Waals surface area (Å²) < 4.78 is 5.45. The molecule has 2 rings (SSSR count). The van der Waals surface area contributed by atoms with Crippen LogP contribution in [-0.2, 0) is 16.1 Å². The van der Waals surface area contributed by atoms with Gasteiger partial charge in [0.1, 0.15) is 0 Å². The van der Waals surface area contributed by atoms with Crippen molar-refractivity contribution in [2.45, 2.75) is 32.2 Å². The number of nitrogens with zero attached hydrogens (tertiary/aromatic N) is 1. The zero-order valence-electron chi connectivity index (χ0n) is 12.5. The number of aliphatic hydroxyl groups excluding tert-OH is 1. The Hall–Kier alpha value is -1.39. The minimum atomic E-state index is 0.00507. The Balaban J connectivity index is 1.83. The SMILES string of the molecule is O=C(CCC1CCCOC1)N(CCO)Cc1ccccc1. The fourth-order valence-electron chi connectivity index (χ4n) is 2.74. The van der Waals surface area contributed by atoms with Crippen LogP contribution >= 0.6 is 0 Å². The number of aliphatic hydroxyl groups is 1. The van der Waals surface area contributed by atoms with E-state index in [2.05, 4.69) is 0 Å². The van der Waals surface area contributed by atoms with Gasteiger partial charge in [0.2, 0.25) is 5.91 Å². The van der Waals surface area contributed by atoms with Crippen molar-refractivity contribution in [3.8, 4) is 0 Å². The predicted octanol–water partition coefficient (Wildman–Crippen LogP) is 2.21. The zero-order chi connectivity index (χ0) is 14.9. The molecule has 1 aromatic rings. The van der Waals surface area contributed by atoms with Gasteiger partial charge in [0.05, 0.1) is 6.61 Å². The second-order valence-corrected chi connectivity index (χ2v) is 5.65. The highest BCUT2D eigenvalue weighted by molar-refractivity contribution is 5.76. The largest absolute Gasteiger partial charge is 0.395 e. The van der Waals surface area contributed by atoms with Crippen LogP contribution in [0.3, 0.4) is 0 Å². The van der Waals surface area contributed by atoms with Crippen LogP contribution in [0.25, 0.3) is 0 Å². The molecule has 1 saturated heterocycles. The van der Waals surface area contributed by atoms with Crippen LogP contribution in [0.4, 0.5) is 0 Å². The van der Waals surface area contributed by atoms with E-state index >= 15 is 0 Å². The van der Waals surface area contributed by atoms with E-state index in [9.17, 15) is 4.79 Å². The van der Waals surface area contributed by atoms with Crippen LogP contribution in [0.1, 0.15) is 31.2 Å². The maximum absolute atomic E-state index is 12.4. The van der Waals surface area contributed by atoms with Gasteiger partial charge in [0.25, 0.3) is 0 Å². The Labute approximate surface area is 126 Å². The highest BCUT2D eigenvalue weighted by Crippen LogP contribution is 2.19. The van der Waals surface area contributed by atoms with Gasteiger partial charge in [-0.05, 0) is 30.7 Å². The zero-order valence-corrected chi connectivity index (χ0v) is 12.5. The molecule has 0 radical (unpaired) electrons. The van der Waals surface area contributed by atoms with Gasteiger partial charge in [-0.1, -0.05) is 30.3 Å². The van der Waals surface area contributed by atoms with E-state index in [-0.39, 0.29) is 12.5 Å². The molecule has 4 heteroatoms. The molecule has 0 saturated carbocycles. The summed E-state index contributed by atoms with van der Waals surface area (Å²) >= 11 is 0. The molecule has 1 unspecified atom stereocenters. The van der Waals surface area contributed by atoms with E-state index < -0.39 is 0 Å². The highest BCUT2D eigenvalue weighted by atomic mass is 16.5. The molecule has 1 aromatic carbocycles. The molecular weight excluding hydrogens is 266 g/mol. The van der Waals surface area contributed by atoms with E-state index in [1.54, 1.807) is 4.90 Å². The third kappa shape index (κ3) is 5.48. The van der Waals surface area contributed by atoms with Crippen LogP contribution in [0.5, 0.6) is 0 Å². The molecule has 0 aliphatic carbocycles. The first-order valence-corrected chi connectivity index (χ1v) is 7.80. The molecule has 1 aliphatic heterocycles. The van der Waals surface area contributed by atoms with Gasteiger partial charge in [-0.25, -0.2) is 0 Å². The quantitative estimate of drug-likeness (QED) is 0.838. The van der Waals surface area contributed by atoms with E-state index in [4.69, 9.17) is 9.84 Å². The molecule has 0 bridgehead atoms. The van der Waals surface area contributed by atoms with Gasteiger partial charge in [-0.15, -0.1) is 0 Å². The fourth-order valence-corrected chi connectivity index (χ4v) is 2.74. The highest BCUT2D eigenvalue weighted by Gasteiger charge is 2.18. The molecule has 1 aliphatic rings. The summed E-state index contributed by atoms with van der Waals surface area (Å²) in [6, 6.07) is 9.91. The van der Waals surface area contributed by atoms with Crippen molar-refractivity contribution in [1.29, 1.82) is 0 Å². The molecule has 1 fully saturated rings. The monoisotopic (exact) mass is 291 g/mol. The third-order valence-electron chi connectivity index (χ3n) is 3.96. The molecule has 0 spiro atoms. The average molecular weight is 291 g/mol. The molecule has 1 N–H and O–H groups in total. The van der Waals surface area contributed by atoms with E-state index in [1.165, 1.54) is 0 Å². The Bertz CT molecular complexity index is 415. The minimum absolute atomic E-state index is 0.00507. The number of carbonyl (C=O) groups excluding carboxylic acids is 1. The van der Waals surface area contributed by atoms with Crippen molar-refractivity contribution >= 4 is 5.91 Å². The van der Waals surface area contributed by atoms with Crippen LogP contribution in [0, 0.1) is 5.92 Å². The first kappa shape index (κ1) is 16.0. The first-order valence-electron chi connectivity index (χ1n) is 7.80. The predicted molar refractivity (Wildman–Crippen MR) is 81.7 cm³/mol. The molecule has 0 aromatic heterocycles. The van der Waals surface area contributed by atoms with Crippen molar-refractivity contribution in [2.24, 2.45) is 5.92 Å². The number of carbonyl (C=O) groups is 1. The molecule has 116 valence electrons. The maximum atomic E-state index is 12.4. The van der Waals surface area contributed by atoms with E-state index in [0.717, 1.165) is 38.0 Å². The number of hydrogen-bond acceptors (Lipinski definition) is 3. The van der Waals surface area contributed by atoms with Gasteiger partial charge >= 0.3 is 0 Å². The molecule has 1 heterocycles. The molecule has 4 nitrogen and oxygen atoms in total. The first-order chi connectivity index (χ1) is 10.3. The minimum Gasteiger partial charge on any atom is -0.395 e. The van der Waals surface area contributed by atoms with Crippen molar-refractivity contribution in [3.05, 3.63) is 35.9 Å². The summed E-state index contributed by atoms with van der Waals surface area (Å²) in [5.41, 5.74) is 1.10. The number of hydrogen-bond donors (Lipinski definition) is 1. The smallest absolute Gasteiger partial charge is 0.222 e. The second kappa shape index (κ2) is 8.80. The molecule has 1 atom stereocenters. The van der Waals surface area contributed by atoms with Crippen molar-refractivity contribution in [3.63, 3.8) is 0 Å². The second-order valence-electron chi connectivity index (χ2n) is 5.65. The lowest BCUT2D eigenvalue weighted by molar-refractivity contribution is -0.132. The number of rotatable bonds is 7. The lowest BCUT2D eigenvalue weighted by Crippen LogP contribution is -2.33. The molecular formula is C17H25NO3. The van der Waals surface area contributed by atoms with Crippen LogP contribution < -0.4 is 0 Å². The summed E-state index contributed by atoms with van der Waals surface area (Å²) in [6.45, 7) is 2.61. The standard InChI is InChI=1S/C17H25NO3/c19-11-10-18(13-15-5-2-1-3-6-15)17(20)9-8-16-7-4-12-21-14-16/h1-3,5-6,16,19H,4,7-14H2. The van der Waals surface area contributed by atoms with Crippen molar-refractivity contribution in [1.82, 2.24) is 4.90 Å². The van der Waals surface area contributed by atoms with Gasteiger partial charge < -0.3 is 14.7 Å². The van der Waals surface area contributed by atoms with E-state index in [0.29, 0.717) is 25.4 Å². The Morgan fingerprint density at radius 1 is 1.33 bits per heavy atom. The summed E-state index contributed by atoms with van der Waals surface area (Å²) in [4.78, 5) is 14.1. The lowest BCUT2D eigenvalue weighted by atomic mass is 9.96. The number of benzene rings is 1. The maximum Gasteiger partial charge on any atom is 0.222 e. The molecule has 1 amide bonds. The lowest BCUT2D eigenvalue weighted by Gasteiger charge is -2.25. The molecule has 21 heavy (non-hydrogen) atoms. The van der Waals surface area contributed by atoms with Gasteiger partial charge in [-0.2, -0.15) is 0 Å². The Morgan fingerprint density at radius 3 is 2.81 bits per heavy atom. The normalized spacial score (nSPS) is 18.4. The van der Waals surface area contributed by atoms with Crippen molar-refractivity contribution in [2.75, 3.05) is 26.4 Å². The van der Waals surface area contributed by atoms with Gasteiger partial charge in [-0.3, -0.25) is 4.79 Å². The summed E-state index contributed by atoms with van der Waals surface area (Å²) in [5, 5.41) is 9.17. The summed E-state index contributed by atoms with van der Waals surface area (Å²) in [7, 11) is 0. The third-order valence-corrected chi connectivity index (χ3v) is 3.96. The van der Waals surface area contributed by atoms with E-state index in [1.807, 2.05) is 30.3 Å². The summed E-state index contributed by atoms with van der Waals surface area (Å²) in [5.74, 6) is 0.633. The topological polar surface area (TPSA) is 49.8 Å². The fraction of sp³-hybridized carbons (Fsp3) is 0.588. The number of amides is 1. The summed E-state index contributed by atoms with van der Waals surface area (Å²) in [6.07, 6.45) is 3.69. The average Bonchev–Trinajstić information content (AvgIpc) is 2.54. The Kier molecular flexibility index (Phi) is 6.70. The number of ether oxygens (including phenoxy) is 1. The van der Waals surface area contributed by atoms with Crippen molar-refractivity contribution < 1.29 is 14.6 Å². The van der Waals surface area contributed by atoms with Gasteiger partial charge in [0, 0.05) is 32.7 Å².